The van der Waals surface area contributed by atoms with Gasteiger partial charge in [-0.2, -0.15) is 0 Å². The predicted octanol–water partition coefficient (Wildman–Crippen LogP) is 5.44. The highest BCUT2D eigenvalue weighted by Gasteiger charge is 2.42. The molecule has 2 atom stereocenters. The number of benzene rings is 2. The topological polar surface area (TPSA) is 93.7 Å². The molecular formula is C25H20N4O4S. The molecule has 1 fully saturated rings. The molecule has 0 unspecified atom stereocenters. The van der Waals surface area contributed by atoms with Crippen molar-refractivity contribution in [1.29, 1.82) is 0 Å². The lowest BCUT2D eigenvalue weighted by Crippen LogP contribution is -2.29. The van der Waals surface area contributed by atoms with Crippen LogP contribution in [0.15, 0.2) is 89.5 Å². The number of hydrogen-bond acceptors (Lipinski definition) is 6. The Bertz CT molecular complexity index is 1340. The van der Waals surface area contributed by atoms with Gasteiger partial charge in [0, 0.05) is 29.6 Å². The largest absolute Gasteiger partial charge is 0.497 e. The van der Waals surface area contributed by atoms with Crippen LogP contribution in [0.3, 0.4) is 0 Å². The molecule has 1 N–H and O–H groups in total. The van der Waals surface area contributed by atoms with Gasteiger partial charge in [-0.05, 0) is 60.7 Å². The minimum absolute atomic E-state index is 0.00498. The maximum absolute atomic E-state index is 11.2. The van der Waals surface area contributed by atoms with Gasteiger partial charge in [-0.1, -0.05) is 18.2 Å². The summed E-state index contributed by atoms with van der Waals surface area (Å²) in [6.07, 6.45) is 1.74. The standard InChI is InChI=1S/C25H20N4O4S/c1-32-19-10-8-17(9-11-19)28-24(23(27-25(28)34)20-7-2-3-14-26-20)22-13-12-21(33-22)16-5-4-6-18(15-16)29(30)31/h2-15,23-24H,1H3,(H,27,34)/t23-,24+/m1/s1. The van der Waals surface area contributed by atoms with Gasteiger partial charge in [-0.25, -0.2) is 0 Å². The summed E-state index contributed by atoms with van der Waals surface area (Å²) in [4.78, 5) is 17.3. The van der Waals surface area contributed by atoms with Crippen molar-refractivity contribution in [1.82, 2.24) is 10.3 Å². The lowest BCUT2D eigenvalue weighted by Gasteiger charge is -2.26. The summed E-state index contributed by atoms with van der Waals surface area (Å²) < 4.78 is 11.6. The maximum atomic E-state index is 11.2. The van der Waals surface area contributed by atoms with Crippen LogP contribution < -0.4 is 15.0 Å². The van der Waals surface area contributed by atoms with Crippen LogP contribution in [0.1, 0.15) is 23.5 Å². The number of rotatable bonds is 6. The first-order chi connectivity index (χ1) is 16.5. The third-order valence-electron chi connectivity index (χ3n) is 5.71. The summed E-state index contributed by atoms with van der Waals surface area (Å²) in [5.74, 6) is 1.93. The Labute approximate surface area is 201 Å². The Morgan fingerprint density at radius 2 is 1.91 bits per heavy atom. The molecule has 0 bridgehead atoms. The number of pyridine rings is 1. The zero-order chi connectivity index (χ0) is 23.7. The number of thiocarbonyl (C=S) groups is 1. The van der Waals surface area contributed by atoms with E-state index in [2.05, 4.69) is 10.3 Å². The molecule has 8 nitrogen and oxygen atoms in total. The summed E-state index contributed by atoms with van der Waals surface area (Å²) in [5.41, 5.74) is 2.32. The zero-order valence-corrected chi connectivity index (χ0v) is 18.9. The Kier molecular flexibility index (Phi) is 5.69. The van der Waals surface area contributed by atoms with E-state index < -0.39 is 4.92 Å². The molecule has 3 heterocycles. The number of methoxy groups -OCH3 is 1. The van der Waals surface area contributed by atoms with E-state index in [1.807, 2.05) is 59.5 Å². The monoisotopic (exact) mass is 472 g/mol. The van der Waals surface area contributed by atoms with Gasteiger partial charge in [0.2, 0.25) is 0 Å². The van der Waals surface area contributed by atoms with Crippen LogP contribution in [0, 0.1) is 10.1 Å². The van der Waals surface area contributed by atoms with Crippen LogP contribution in [0.5, 0.6) is 5.75 Å². The molecule has 2 aromatic heterocycles. The average Bonchev–Trinajstić information content (AvgIpc) is 3.49. The van der Waals surface area contributed by atoms with Crippen molar-refractivity contribution in [3.8, 4) is 17.1 Å². The number of non-ortho nitro benzene ring substituents is 1. The van der Waals surface area contributed by atoms with Crippen LogP contribution in [-0.2, 0) is 0 Å². The summed E-state index contributed by atoms with van der Waals surface area (Å²) in [7, 11) is 1.62. The number of ether oxygens (including phenoxy) is 1. The molecule has 0 amide bonds. The van der Waals surface area contributed by atoms with E-state index in [0.29, 0.717) is 22.2 Å². The number of nitrogens with one attached hydrogen (secondary N) is 1. The van der Waals surface area contributed by atoms with Gasteiger partial charge < -0.3 is 19.4 Å². The second kappa shape index (κ2) is 8.95. The minimum Gasteiger partial charge on any atom is -0.497 e. The fourth-order valence-electron chi connectivity index (χ4n) is 4.10. The highest BCUT2D eigenvalue weighted by atomic mass is 32.1. The van der Waals surface area contributed by atoms with Crippen LogP contribution in [0.2, 0.25) is 0 Å². The van der Waals surface area contributed by atoms with E-state index in [9.17, 15) is 10.1 Å². The van der Waals surface area contributed by atoms with E-state index in [-0.39, 0.29) is 17.8 Å². The average molecular weight is 473 g/mol. The predicted molar refractivity (Wildman–Crippen MR) is 132 cm³/mol. The van der Waals surface area contributed by atoms with Gasteiger partial charge in [-0.3, -0.25) is 15.1 Å². The van der Waals surface area contributed by atoms with Gasteiger partial charge in [-0.15, -0.1) is 0 Å². The molecule has 0 spiro atoms. The molecule has 2 aromatic carbocycles. The van der Waals surface area contributed by atoms with Gasteiger partial charge >= 0.3 is 0 Å². The molecule has 0 radical (unpaired) electrons. The summed E-state index contributed by atoms with van der Waals surface area (Å²) in [6, 6.07) is 22.8. The first-order valence-corrected chi connectivity index (χ1v) is 11.0. The van der Waals surface area contributed by atoms with E-state index in [1.165, 1.54) is 12.1 Å². The number of nitrogens with zero attached hydrogens (tertiary/aromatic N) is 3. The van der Waals surface area contributed by atoms with Crippen molar-refractivity contribution in [2.75, 3.05) is 12.0 Å². The van der Waals surface area contributed by atoms with Crippen molar-refractivity contribution < 1.29 is 14.1 Å². The lowest BCUT2D eigenvalue weighted by molar-refractivity contribution is -0.384. The summed E-state index contributed by atoms with van der Waals surface area (Å²) in [6.45, 7) is 0. The van der Waals surface area contributed by atoms with Crippen molar-refractivity contribution in [3.05, 3.63) is 107 Å². The van der Waals surface area contributed by atoms with E-state index in [4.69, 9.17) is 21.4 Å². The first-order valence-electron chi connectivity index (χ1n) is 10.5. The van der Waals surface area contributed by atoms with Gasteiger partial charge in [0.15, 0.2) is 5.11 Å². The molecule has 170 valence electrons. The summed E-state index contributed by atoms with van der Waals surface area (Å²) >= 11 is 5.72. The van der Waals surface area contributed by atoms with Crippen molar-refractivity contribution in [2.24, 2.45) is 0 Å². The summed E-state index contributed by atoms with van der Waals surface area (Å²) in [5, 5.41) is 15.1. The SMILES string of the molecule is COc1ccc(N2C(=S)N[C@H](c3ccccn3)[C@@H]2c2ccc(-c3cccc([N+](=O)[O-])c3)o2)cc1. The van der Waals surface area contributed by atoms with Gasteiger partial charge in [0.25, 0.3) is 5.69 Å². The second-order valence-electron chi connectivity index (χ2n) is 7.70. The first kappa shape index (κ1) is 21.6. The second-order valence-corrected chi connectivity index (χ2v) is 8.09. The Morgan fingerprint density at radius 1 is 1.09 bits per heavy atom. The number of nitro benzene ring substituents is 1. The number of anilines is 1. The van der Waals surface area contributed by atoms with Crippen molar-refractivity contribution in [3.63, 3.8) is 0 Å². The molecule has 1 aliphatic rings. The Morgan fingerprint density at radius 3 is 2.62 bits per heavy atom. The molecule has 9 heteroatoms. The van der Waals surface area contributed by atoms with E-state index in [1.54, 1.807) is 25.4 Å². The molecule has 1 saturated heterocycles. The molecule has 0 aliphatic carbocycles. The third-order valence-corrected chi connectivity index (χ3v) is 6.02. The minimum atomic E-state index is -0.421. The number of aromatic nitrogens is 1. The van der Waals surface area contributed by atoms with Crippen LogP contribution in [0.4, 0.5) is 11.4 Å². The number of furan rings is 1. The maximum Gasteiger partial charge on any atom is 0.270 e. The smallest absolute Gasteiger partial charge is 0.270 e. The number of hydrogen-bond donors (Lipinski definition) is 1. The Hall–Kier alpha value is -4.24. The fraction of sp³-hybridized carbons (Fsp3) is 0.120. The normalized spacial score (nSPS) is 17.4. The van der Waals surface area contributed by atoms with Crippen LogP contribution in [0.25, 0.3) is 11.3 Å². The zero-order valence-electron chi connectivity index (χ0n) is 18.1. The lowest BCUT2D eigenvalue weighted by atomic mass is 10.0. The van der Waals surface area contributed by atoms with Gasteiger partial charge in [0.05, 0.1) is 23.8 Å². The van der Waals surface area contributed by atoms with Gasteiger partial charge in [0.1, 0.15) is 23.3 Å². The van der Waals surface area contributed by atoms with Crippen LogP contribution in [-0.4, -0.2) is 22.1 Å². The highest BCUT2D eigenvalue weighted by Crippen LogP contribution is 2.43. The third kappa shape index (κ3) is 3.97. The van der Waals surface area contributed by atoms with Crippen molar-refractivity contribution in [2.45, 2.75) is 12.1 Å². The highest BCUT2D eigenvalue weighted by molar-refractivity contribution is 7.80. The molecule has 4 aromatic rings. The van der Waals surface area contributed by atoms with E-state index in [0.717, 1.165) is 17.1 Å². The molecule has 5 rings (SSSR count). The number of nitro groups is 1. The van der Waals surface area contributed by atoms with Crippen LogP contribution >= 0.6 is 12.2 Å². The molecular weight excluding hydrogens is 452 g/mol. The molecule has 1 aliphatic heterocycles. The quantitative estimate of drug-likeness (QED) is 0.225. The van der Waals surface area contributed by atoms with E-state index >= 15 is 0 Å². The van der Waals surface area contributed by atoms with Crippen molar-refractivity contribution >= 4 is 28.7 Å². The Balaban J connectivity index is 1.58. The molecule has 34 heavy (non-hydrogen) atoms. The fourth-order valence-corrected chi connectivity index (χ4v) is 4.45. The molecule has 0 saturated carbocycles.